The minimum atomic E-state index is -0.135. The first kappa shape index (κ1) is 21.0. The Bertz CT molecular complexity index is 1280. The van der Waals surface area contributed by atoms with Crippen LogP contribution in [-0.2, 0) is 11.3 Å². The van der Waals surface area contributed by atoms with E-state index in [-0.39, 0.29) is 12.0 Å². The van der Waals surface area contributed by atoms with Gasteiger partial charge in [0.25, 0.3) is 5.91 Å². The maximum Gasteiger partial charge on any atom is 0.263 e. The van der Waals surface area contributed by atoms with Gasteiger partial charge >= 0.3 is 0 Å². The molecule has 2 aromatic heterocycles. The number of ether oxygens (including phenoxy) is 2. The fourth-order valence-electron chi connectivity index (χ4n) is 4.43. The van der Waals surface area contributed by atoms with Crippen molar-refractivity contribution in [3.8, 4) is 5.75 Å². The van der Waals surface area contributed by atoms with Gasteiger partial charge in [0.05, 0.1) is 24.7 Å². The molecule has 3 heterocycles. The number of methoxy groups -OCH3 is 1. The van der Waals surface area contributed by atoms with Crippen molar-refractivity contribution < 1.29 is 14.3 Å². The summed E-state index contributed by atoms with van der Waals surface area (Å²) in [6.45, 7) is 3.07. The van der Waals surface area contributed by atoms with Crippen LogP contribution in [0.3, 0.4) is 0 Å². The minimum Gasteiger partial charge on any atom is -0.497 e. The van der Waals surface area contributed by atoms with E-state index in [9.17, 15) is 4.79 Å². The molecule has 6 nitrogen and oxygen atoms in total. The van der Waals surface area contributed by atoms with Crippen LogP contribution >= 0.6 is 11.3 Å². The summed E-state index contributed by atoms with van der Waals surface area (Å²) in [4.78, 5) is 21.2. The van der Waals surface area contributed by atoms with Crippen LogP contribution in [-0.4, -0.2) is 61.6 Å². The van der Waals surface area contributed by atoms with Gasteiger partial charge in [0, 0.05) is 67.2 Å². The number of H-pyrrole nitrogens is 1. The lowest BCUT2D eigenvalue weighted by molar-refractivity contribution is -0.0322. The van der Waals surface area contributed by atoms with Gasteiger partial charge in [0.15, 0.2) is 0 Å². The molecule has 0 aliphatic carbocycles. The molecule has 1 aliphatic rings. The van der Waals surface area contributed by atoms with E-state index in [4.69, 9.17) is 9.47 Å². The summed E-state index contributed by atoms with van der Waals surface area (Å²) >= 11 is 1.56. The summed E-state index contributed by atoms with van der Waals surface area (Å²) < 4.78 is 12.7. The third-order valence-electron chi connectivity index (χ3n) is 6.08. The molecule has 0 saturated carbocycles. The maximum atomic E-state index is 13.0. The molecule has 0 unspecified atom stereocenters. The van der Waals surface area contributed by atoms with E-state index >= 15 is 0 Å². The van der Waals surface area contributed by atoms with Gasteiger partial charge in [-0.05, 0) is 29.1 Å². The molecule has 1 atom stereocenters. The second kappa shape index (κ2) is 8.58. The van der Waals surface area contributed by atoms with E-state index in [2.05, 4.69) is 34.3 Å². The number of benzene rings is 2. The van der Waals surface area contributed by atoms with Crippen molar-refractivity contribution in [1.82, 2.24) is 14.8 Å². The van der Waals surface area contributed by atoms with Gasteiger partial charge in [-0.25, -0.2) is 0 Å². The second-order valence-electron chi connectivity index (χ2n) is 8.36. The van der Waals surface area contributed by atoms with Crippen molar-refractivity contribution in [3.63, 3.8) is 0 Å². The highest BCUT2D eigenvalue weighted by Crippen LogP contribution is 2.39. The number of aromatic nitrogens is 1. The summed E-state index contributed by atoms with van der Waals surface area (Å²) in [6, 6.07) is 14.4. The van der Waals surface area contributed by atoms with Crippen molar-refractivity contribution >= 4 is 38.2 Å². The molecule has 5 rings (SSSR count). The van der Waals surface area contributed by atoms with Gasteiger partial charge in [0.1, 0.15) is 5.75 Å². The van der Waals surface area contributed by atoms with Gasteiger partial charge in [-0.15, -0.1) is 11.3 Å². The summed E-state index contributed by atoms with van der Waals surface area (Å²) in [5.41, 5.74) is 3.35. The highest BCUT2D eigenvalue weighted by atomic mass is 32.1. The standard InChI is InChI=1S/C25H27N3O3S/c1-27(2)25(29)24-23(19-6-4-5-7-22(19)32-24)21-15-28(10-11-31-21)14-16-13-26-20-12-17(30-3)8-9-18(16)20/h4-9,12-13,21,26H,10-11,14-15H2,1-3H3/t21-/m0/s1. The topological polar surface area (TPSA) is 57.8 Å². The Morgan fingerprint density at radius 2 is 2.09 bits per heavy atom. The molecule has 1 N–H and O–H groups in total. The number of nitrogens with one attached hydrogen (secondary N) is 1. The average molecular weight is 450 g/mol. The van der Waals surface area contributed by atoms with E-state index in [0.29, 0.717) is 6.61 Å². The first-order valence-corrected chi connectivity index (χ1v) is 11.6. The van der Waals surface area contributed by atoms with Crippen LogP contribution in [0.1, 0.15) is 26.9 Å². The third kappa shape index (κ3) is 3.77. The quantitative estimate of drug-likeness (QED) is 0.481. The number of amides is 1. The van der Waals surface area contributed by atoms with Crippen LogP contribution in [0, 0.1) is 0 Å². The molecule has 166 valence electrons. The number of nitrogens with zero attached hydrogens (tertiary/aromatic N) is 2. The first-order chi connectivity index (χ1) is 15.5. The van der Waals surface area contributed by atoms with E-state index in [0.717, 1.165) is 51.4 Å². The first-order valence-electron chi connectivity index (χ1n) is 10.8. The molecule has 7 heteroatoms. The summed E-state index contributed by atoms with van der Waals surface area (Å²) in [7, 11) is 5.29. The van der Waals surface area contributed by atoms with Crippen LogP contribution in [0.2, 0.25) is 0 Å². The predicted molar refractivity (Wildman–Crippen MR) is 129 cm³/mol. The van der Waals surface area contributed by atoms with Gasteiger partial charge in [-0.3, -0.25) is 9.69 Å². The van der Waals surface area contributed by atoms with Gasteiger partial charge in [-0.1, -0.05) is 18.2 Å². The summed E-state index contributed by atoms with van der Waals surface area (Å²) in [5, 5.41) is 2.33. The zero-order valence-electron chi connectivity index (χ0n) is 18.6. The average Bonchev–Trinajstić information content (AvgIpc) is 3.39. The van der Waals surface area contributed by atoms with Crippen molar-refractivity contribution in [3.05, 3.63) is 64.7 Å². The fourth-order valence-corrected chi connectivity index (χ4v) is 5.71. The Labute approximate surface area is 191 Å². The van der Waals surface area contributed by atoms with Crippen molar-refractivity contribution in [2.75, 3.05) is 40.9 Å². The Hall–Kier alpha value is -2.87. The lowest BCUT2D eigenvalue weighted by atomic mass is 10.0. The highest BCUT2D eigenvalue weighted by Gasteiger charge is 2.30. The summed E-state index contributed by atoms with van der Waals surface area (Å²) in [5.74, 6) is 0.882. The molecule has 1 amide bonds. The monoisotopic (exact) mass is 449 g/mol. The largest absolute Gasteiger partial charge is 0.497 e. The van der Waals surface area contributed by atoms with Gasteiger partial charge in [-0.2, -0.15) is 0 Å². The summed E-state index contributed by atoms with van der Waals surface area (Å²) in [6.07, 6.45) is 1.94. The number of carbonyl (C=O) groups is 1. The number of rotatable bonds is 5. The predicted octanol–water partition coefficient (Wildman–Crippen LogP) is 4.67. The van der Waals surface area contributed by atoms with Crippen LogP contribution in [0.25, 0.3) is 21.0 Å². The third-order valence-corrected chi connectivity index (χ3v) is 7.25. The molecule has 1 fully saturated rings. The number of aromatic amines is 1. The number of fused-ring (bicyclic) bond motifs is 2. The molecule has 0 bridgehead atoms. The SMILES string of the molecule is COc1ccc2c(CN3CCO[C@H](c4c(C(=O)N(C)C)sc5ccccc45)C3)c[nH]c2c1. The van der Waals surface area contributed by atoms with E-state index in [1.807, 2.05) is 24.3 Å². The Morgan fingerprint density at radius 3 is 2.91 bits per heavy atom. The van der Waals surface area contributed by atoms with E-state index in [1.54, 1.807) is 37.4 Å². The Kier molecular flexibility index (Phi) is 5.63. The van der Waals surface area contributed by atoms with E-state index < -0.39 is 0 Å². The van der Waals surface area contributed by atoms with Crippen LogP contribution in [0.15, 0.2) is 48.7 Å². The molecular weight excluding hydrogens is 422 g/mol. The van der Waals surface area contributed by atoms with Crippen LogP contribution in [0.5, 0.6) is 5.75 Å². The second-order valence-corrected chi connectivity index (χ2v) is 9.41. The Balaban J connectivity index is 1.44. The molecule has 32 heavy (non-hydrogen) atoms. The zero-order valence-corrected chi connectivity index (χ0v) is 19.4. The normalized spacial score (nSPS) is 17.2. The number of hydrogen-bond donors (Lipinski definition) is 1. The maximum absolute atomic E-state index is 13.0. The lowest BCUT2D eigenvalue weighted by Gasteiger charge is -2.33. The molecule has 1 aliphatic heterocycles. The van der Waals surface area contributed by atoms with Crippen LogP contribution in [0.4, 0.5) is 0 Å². The van der Waals surface area contributed by atoms with Gasteiger partial charge < -0.3 is 19.4 Å². The van der Waals surface area contributed by atoms with Crippen LogP contribution < -0.4 is 4.74 Å². The minimum absolute atomic E-state index is 0.0347. The number of hydrogen-bond acceptors (Lipinski definition) is 5. The molecule has 1 saturated heterocycles. The highest BCUT2D eigenvalue weighted by molar-refractivity contribution is 7.21. The molecule has 4 aromatic rings. The Morgan fingerprint density at radius 1 is 1.25 bits per heavy atom. The molecular formula is C25H27N3O3S. The van der Waals surface area contributed by atoms with Crippen molar-refractivity contribution in [2.45, 2.75) is 12.6 Å². The van der Waals surface area contributed by atoms with Gasteiger partial charge in [0.2, 0.25) is 0 Å². The molecule has 0 radical (unpaired) electrons. The fraction of sp³-hybridized carbons (Fsp3) is 0.320. The molecule has 2 aromatic carbocycles. The number of thiophene rings is 1. The van der Waals surface area contributed by atoms with Crippen molar-refractivity contribution in [2.24, 2.45) is 0 Å². The smallest absolute Gasteiger partial charge is 0.263 e. The zero-order chi connectivity index (χ0) is 22.2. The number of carbonyl (C=O) groups excluding carboxylic acids is 1. The lowest BCUT2D eigenvalue weighted by Crippen LogP contribution is -2.38. The number of morpholine rings is 1. The van der Waals surface area contributed by atoms with E-state index in [1.165, 1.54) is 10.9 Å². The van der Waals surface area contributed by atoms with Crippen molar-refractivity contribution in [1.29, 1.82) is 0 Å². The molecule has 0 spiro atoms.